The van der Waals surface area contributed by atoms with Gasteiger partial charge in [0, 0.05) is 16.7 Å². The third-order valence-corrected chi connectivity index (χ3v) is 4.45. The Hall–Kier alpha value is -3.53. The molecule has 134 valence electrons. The number of benzene rings is 3. The van der Waals surface area contributed by atoms with Gasteiger partial charge in [0.05, 0.1) is 25.6 Å². The van der Waals surface area contributed by atoms with Crippen molar-refractivity contribution in [2.45, 2.75) is 0 Å². The van der Waals surface area contributed by atoms with Crippen molar-refractivity contribution in [3.63, 3.8) is 0 Å². The van der Waals surface area contributed by atoms with Crippen LogP contribution in [0.4, 0.5) is 0 Å². The third-order valence-electron chi connectivity index (χ3n) is 4.45. The zero-order valence-electron chi connectivity index (χ0n) is 15.3. The van der Waals surface area contributed by atoms with Gasteiger partial charge in [-0.25, -0.2) is 4.98 Å². The Labute approximate surface area is 158 Å². The number of rotatable bonds is 5. The van der Waals surface area contributed by atoms with Crippen molar-refractivity contribution in [1.29, 1.82) is 0 Å². The molecule has 0 saturated heterocycles. The standard InChI is InChI=1S/C23H20N2O2/c1-26-19-12-6-10-17(14-19)21-22(18-11-7-13-20(15-18)27-2)25-23(24-21)16-8-4-3-5-9-16/h3-15H,1-2H3,(H,24,25). The Morgan fingerprint density at radius 1 is 0.667 bits per heavy atom. The Bertz CT molecular complexity index is 990. The number of aromatic amines is 1. The molecule has 0 aliphatic carbocycles. The van der Waals surface area contributed by atoms with E-state index in [0.29, 0.717) is 0 Å². The lowest BCUT2D eigenvalue weighted by Gasteiger charge is -2.07. The number of hydrogen-bond acceptors (Lipinski definition) is 3. The molecule has 3 aromatic carbocycles. The molecule has 4 rings (SSSR count). The summed E-state index contributed by atoms with van der Waals surface area (Å²) in [5.74, 6) is 2.43. The second-order valence-corrected chi connectivity index (χ2v) is 6.14. The van der Waals surface area contributed by atoms with E-state index in [4.69, 9.17) is 14.5 Å². The summed E-state index contributed by atoms with van der Waals surface area (Å²) in [5.41, 5.74) is 4.87. The SMILES string of the molecule is COc1cccc(-c2nc(-c3ccccc3)[nH]c2-c2cccc(OC)c2)c1. The molecule has 4 aromatic rings. The summed E-state index contributed by atoms with van der Waals surface area (Å²) in [6.07, 6.45) is 0. The van der Waals surface area contributed by atoms with Gasteiger partial charge in [-0.3, -0.25) is 0 Å². The monoisotopic (exact) mass is 356 g/mol. The average molecular weight is 356 g/mol. The molecule has 0 aliphatic rings. The minimum atomic E-state index is 0.799. The lowest BCUT2D eigenvalue weighted by atomic mass is 10.0. The first-order valence-corrected chi connectivity index (χ1v) is 8.73. The molecular weight excluding hydrogens is 336 g/mol. The number of imidazole rings is 1. The van der Waals surface area contributed by atoms with Gasteiger partial charge in [-0.2, -0.15) is 0 Å². The van der Waals surface area contributed by atoms with E-state index in [1.807, 2.05) is 72.8 Å². The van der Waals surface area contributed by atoms with Gasteiger partial charge in [0.1, 0.15) is 17.3 Å². The van der Waals surface area contributed by atoms with Crippen LogP contribution in [-0.2, 0) is 0 Å². The number of H-pyrrole nitrogens is 1. The van der Waals surface area contributed by atoms with Crippen molar-refractivity contribution < 1.29 is 9.47 Å². The van der Waals surface area contributed by atoms with Crippen molar-refractivity contribution in [2.24, 2.45) is 0 Å². The number of ether oxygens (including phenoxy) is 2. The summed E-state index contributed by atoms with van der Waals surface area (Å²) in [5, 5.41) is 0. The fraction of sp³-hybridized carbons (Fsp3) is 0.0870. The van der Waals surface area contributed by atoms with Gasteiger partial charge in [-0.1, -0.05) is 54.6 Å². The molecule has 4 nitrogen and oxygen atoms in total. The van der Waals surface area contributed by atoms with Gasteiger partial charge in [0.15, 0.2) is 0 Å². The number of hydrogen-bond donors (Lipinski definition) is 1. The fourth-order valence-corrected chi connectivity index (χ4v) is 3.07. The second kappa shape index (κ2) is 7.38. The molecule has 4 heteroatoms. The van der Waals surface area contributed by atoms with Crippen LogP contribution >= 0.6 is 0 Å². The predicted octanol–water partition coefficient (Wildman–Crippen LogP) is 5.43. The van der Waals surface area contributed by atoms with Crippen LogP contribution in [0, 0.1) is 0 Å². The van der Waals surface area contributed by atoms with Crippen LogP contribution in [0.5, 0.6) is 11.5 Å². The molecule has 0 atom stereocenters. The molecule has 0 bridgehead atoms. The normalized spacial score (nSPS) is 10.6. The van der Waals surface area contributed by atoms with E-state index in [-0.39, 0.29) is 0 Å². The van der Waals surface area contributed by atoms with Crippen LogP contribution in [0.2, 0.25) is 0 Å². The van der Waals surface area contributed by atoms with E-state index in [1.54, 1.807) is 14.2 Å². The fourth-order valence-electron chi connectivity index (χ4n) is 3.07. The Morgan fingerprint density at radius 3 is 1.93 bits per heavy atom. The zero-order chi connectivity index (χ0) is 18.6. The highest BCUT2D eigenvalue weighted by atomic mass is 16.5. The van der Waals surface area contributed by atoms with Crippen LogP contribution in [0.15, 0.2) is 78.9 Å². The molecule has 1 N–H and O–H groups in total. The van der Waals surface area contributed by atoms with E-state index in [9.17, 15) is 0 Å². The molecule has 0 aliphatic heterocycles. The summed E-state index contributed by atoms with van der Waals surface area (Å²) < 4.78 is 10.8. The minimum absolute atomic E-state index is 0.799. The zero-order valence-corrected chi connectivity index (χ0v) is 15.3. The highest BCUT2D eigenvalue weighted by Gasteiger charge is 2.16. The van der Waals surface area contributed by atoms with Crippen molar-refractivity contribution in [2.75, 3.05) is 14.2 Å². The molecule has 27 heavy (non-hydrogen) atoms. The summed E-state index contributed by atoms with van der Waals surface area (Å²) in [6.45, 7) is 0. The third kappa shape index (κ3) is 3.42. The van der Waals surface area contributed by atoms with E-state index < -0.39 is 0 Å². The Balaban J connectivity index is 1.91. The van der Waals surface area contributed by atoms with E-state index >= 15 is 0 Å². The van der Waals surface area contributed by atoms with Crippen LogP contribution in [-0.4, -0.2) is 24.2 Å². The van der Waals surface area contributed by atoms with Gasteiger partial charge in [0.25, 0.3) is 0 Å². The molecule has 0 amide bonds. The van der Waals surface area contributed by atoms with Crippen LogP contribution < -0.4 is 9.47 Å². The molecule has 0 saturated carbocycles. The lowest BCUT2D eigenvalue weighted by molar-refractivity contribution is 0.415. The largest absolute Gasteiger partial charge is 0.497 e. The van der Waals surface area contributed by atoms with Crippen LogP contribution in [0.3, 0.4) is 0 Å². The number of nitrogens with zero attached hydrogens (tertiary/aromatic N) is 1. The van der Waals surface area contributed by atoms with Crippen molar-refractivity contribution in [3.8, 4) is 45.4 Å². The maximum Gasteiger partial charge on any atom is 0.138 e. The molecule has 1 aromatic heterocycles. The summed E-state index contributed by atoms with van der Waals surface area (Å²) in [4.78, 5) is 8.40. The summed E-state index contributed by atoms with van der Waals surface area (Å²) in [7, 11) is 3.34. The van der Waals surface area contributed by atoms with Crippen molar-refractivity contribution in [3.05, 3.63) is 78.9 Å². The average Bonchev–Trinajstić information content (AvgIpc) is 3.20. The predicted molar refractivity (Wildman–Crippen MR) is 108 cm³/mol. The highest BCUT2D eigenvalue weighted by molar-refractivity contribution is 5.82. The molecule has 0 spiro atoms. The van der Waals surface area contributed by atoms with Crippen LogP contribution in [0.25, 0.3) is 33.9 Å². The van der Waals surface area contributed by atoms with E-state index in [2.05, 4.69) is 11.1 Å². The van der Waals surface area contributed by atoms with Crippen molar-refractivity contribution in [1.82, 2.24) is 9.97 Å². The first kappa shape index (κ1) is 16.9. The van der Waals surface area contributed by atoms with E-state index in [1.165, 1.54) is 0 Å². The molecule has 0 fully saturated rings. The minimum Gasteiger partial charge on any atom is -0.497 e. The quantitative estimate of drug-likeness (QED) is 0.519. The maximum absolute atomic E-state index is 5.40. The first-order chi connectivity index (χ1) is 13.3. The van der Waals surface area contributed by atoms with Gasteiger partial charge < -0.3 is 14.5 Å². The smallest absolute Gasteiger partial charge is 0.138 e. The number of nitrogens with one attached hydrogen (secondary N) is 1. The second-order valence-electron chi connectivity index (χ2n) is 6.14. The van der Waals surface area contributed by atoms with Crippen molar-refractivity contribution >= 4 is 0 Å². The number of aromatic nitrogens is 2. The molecule has 0 radical (unpaired) electrons. The van der Waals surface area contributed by atoms with Gasteiger partial charge in [-0.15, -0.1) is 0 Å². The van der Waals surface area contributed by atoms with Gasteiger partial charge in [-0.05, 0) is 24.3 Å². The Kier molecular flexibility index (Phi) is 4.62. The van der Waals surface area contributed by atoms with Gasteiger partial charge in [0.2, 0.25) is 0 Å². The summed E-state index contributed by atoms with van der Waals surface area (Å²) >= 11 is 0. The molecular formula is C23H20N2O2. The lowest BCUT2D eigenvalue weighted by Crippen LogP contribution is -1.88. The first-order valence-electron chi connectivity index (χ1n) is 8.73. The highest BCUT2D eigenvalue weighted by Crippen LogP contribution is 2.35. The topological polar surface area (TPSA) is 47.1 Å². The van der Waals surface area contributed by atoms with Gasteiger partial charge >= 0.3 is 0 Å². The maximum atomic E-state index is 5.40. The molecule has 1 heterocycles. The molecule has 0 unspecified atom stereocenters. The van der Waals surface area contributed by atoms with Crippen LogP contribution in [0.1, 0.15) is 0 Å². The Morgan fingerprint density at radius 2 is 1.26 bits per heavy atom. The van der Waals surface area contributed by atoms with E-state index in [0.717, 1.165) is 45.4 Å². The number of methoxy groups -OCH3 is 2. The summed E-state index contributed by atoms with van der Waals surface area (Å²) in [6, 6.07) is 26.0.